The lowest BCUT2D eigenvalue weighted by atomic mass is 10.1. The van der Waals surface area contributed by atoms with E-state index < -0.39 is 0 Å². The van der Waals surface area contributed by atoms with Gasteiger partial charge in [-0.3, -0.25) is 0 Å². The van der Waals surface area contributed by atoms with Gasteiger partial charge in [0.15, 0.2) is 0 Å². The molecule has 96 valence electrons. The van der Waals surface area contributed by atoms with Crippen LogP contribution >= 0.6 is 11.8 Å². The highest BCUT2D eigenvalue weighted by Gasteiger charge is 2.15. The molecule has 0 saturated heterocycles. The summed E-state index contributed by atoms with van der Waals surface area (Å²) in [7, 11) is 3.86. The van der Waals surface area contributed by atoms with E-state index in [1.165, 1.54) is 6.07 Å². The Balaban J connectivity index is 2.99. The van der Waals surface area contributed by atoms with Gasteiger partial charge in [-0.2, -0.15) is 11.8 Å². The highest BCUT2D eigenvalue weighted by atomic mass is 32.2. The fourth-order valence-corrected chi connectivity index (χ4v) is 2.53. The van der Waals surface area contributed by atoms with Crippen molar-refractivity contribution in [2.24, 2.45) is 0 Å². The highest BCUT2D eigenvalue weighted by molar-refractivity contribution is 7.98. The number of thioether (sulfide) groups is 1. The third-order valence-corrected chi connectivity index (χ3v) is 3.71. The zero-order chi connectivity index (χ0) is 12.8. The van der Waals surface area contributed by atoms with Gasteiger partial charge in [0.05, 0.1) is 0 Å². The molecule has 4 heteroatoms. The topological polar surface area (TPSA) is 15.3 Å². The molecule has 1 atom stereocenters. The first-order chi connectivity index (χ1) is 8.11. The van der Waals surface area contributed by atoms with Crippen LogP contribution in [0.1, 0.15) is 12.5 Å². The third kappa shape index (κ3) is 3.61. The van der Waals surface area contributed by atoms with Crippen LogP contribution in [0.2, 0.25) is 0 Å². The highest BCUT2D eigenvalue weighted by Crippen LogP contribution is 2.24. The largest absolute Gasteiger partial charge is 0.371 e. The first kappa shape index (κ1) is 14.3. The van der Waals surface area contributed by atoms with Crippen molar-refractivity contribution in [3.8, 4) is 0 Å². The van der Waals surface area contributed by atoms with Crippen molar-refractivity contribution in [1.29, 1.82) is 0 Å². The summed E-state index contributed by atoms with van der Waals surface area (Å²) >= 11 is 1.81. The van der Waals surface area contributed by atoms with E-state index in [2.05, 4.69) is 23.4 Å². The second-order valence-corrected chi connectivity index (χ2v) is 5.09. The van der Waals surface area contributed by atoms with Crippen molar-refractivity contribution < 1.29 is 4.39 Å². The van der Waals surface area contributed by atoms with Gasteiger partial charge in [-0.25, -0.2) is 4.39 Å². The van der Waals surface area contributed by atoms with Crippen molar-refractivity contribution in [3.63, 3.8) is 0 Å². The van der Waals surface area contributed by atoms with Gasteiger partial charge >= 0.3 is 0 Å². The number of rotatable bonds is 6. The van der Waals surface area contributed by atoms with Gasteiger partial charge in [-0.15, -0.1) is 0 Å². The van der Waals surface area contributed by atoms with E-state index in [-0.39, 0.29) is 5.82 Å². The lowest BCUT2D eigenvalue weighted by Crippen LogP contribution is -2.32. The maximum absolute atomic E-state index is 13.8. The number of hydrogen-bond acceptors (Lipinski definition) is 3. The van der Waals surface area contributed by atoms with Crippen LogP contribution in [-0.2, 0) is 6.54 Å². The summed E-state index contributed by atoms with van der Waals surface area (Å²) in [5.74, 6) is 0.895. The molecule has 1 aromatic carbocycles. The molecule has 0 saturated carbocycles. The summed E-state index contributed by atoms with van der Waals surface area (Å²) in [4.78, 5) is 2.15. The molecule has 0 aliphatic heterocycles. The monoisotopic (exact) mass is 256 g/mol. The van der Waals surface area contributed by atoms with E-state index in [1.54, 1.807) is 17.8 Å². The van der Waals surface area contributed by atoms with E-state index in [0.29, 0.717) is 12.6 Å². The minimum atomic E-state index is -0.139. The molecule has 0 radical (unpaired) electrons. The van der Waals surface area contributed by atoms with E-state index in [1.807, 2.05) is 20.2 Å². The van der Waals surface area contributed by atoms with E-state index >= 15 is 0 Å². The molecule has 1 N–H and O–H groups in total. The number of anilines is 1. The van der Waals surface area contributed by atoms with Gasteiger partial charge in [0.1, 0.15) is 5.82 Å². The number of hydrogen-bond donors (Lipinski definition) is 1. The molecule has 0 aromatic heterocycles. The molecule has 17 heavy (non-hydrogen) atoms. The maximum Gasteiger partial charge on any atom is 0.129 e. The Hall–Kier alpha value is -0.740. The Morgan fingerprint density at radius 1 is 1.47 bits per heavy atom. The van der Waals surface area contributed by atoms with Gasteiger partial charge < -0.3 is 10.2 Å². The predicted octanol–water partition coefficient (Wildman–Crippen LogP) is 2.73. The second-order valence-electron chi connectivity index (χ2n) is 4.18. The van der Waals surface area contributed by atoms with Crippen LogP contribution in [0.5, 0.6) is 0 Å². The zero-order valence-electron chi connectivity index (χ0n) is 11.0. The van der Waals surface area contributed by atoms with E-state index in [9.17, 15) is 4.39 Å². The van der Waals surface area contributed by atoms with Crippen LogP contribution in [-0.4, -0.2) is 32.1 Å². The van der Waals surface area contributed by atoms with Crippen LogP contribution in [0.15, 0.2) is 18.2 Å². The molecule has 0 aliphatic rings. The predicted molar refractivity (Wildman–Crippen MR) is 75.4 cm³/mol. The first-order valence-corrected chi connectivity index (χ1v) is 7.15. The standard InChI is InChI=1S/C13H21FN2S/c1-10(9-17-4)16(3)13-7-5-6-12(14)11(13)8-15-2/h5-7,10,15H,8-9H2,1-4H3. The smallest absolute Gasteiger partial charge is 0.129 e. The summed E-state index contributed by atoms with van der Waals surface area (Å²) in [5.41, 5.74) is 1.71. The van der Waals surface area contributed by atoms with Crippen molar-refractivity contribution in [1.82, 2.24) is 5.32 Å². The van der Waals surface area contributed by atoms with Gasteiger partial charge in [0.25, 0.3) is 0 Å². The summed E-state index contributed by atoms with van der Waals surface area (Å²) < 4.78 is 13.8. The molecule has 1 unspecified atom stereocenters. The van der Waals surface area contributed by atoms with Crippen LogP contribution in [0.25, 0.3) is 0 Å². The maximum atomic E-state index is 13.8. The average molecular weight is 256 g/mol. The normalized spacial score (nSPS) is 12.5. The number of nitrogens with one attached hydrogen (secondary N) is 1. The SMILES string of the molecule is CNCc1c(F)cccc1N(C)C(C)CSC. The molecular formula is C13H21FN2S. The second kappa shape index (κ2) is 6.87. The Labute approximate surface area is 108 Å². The van der Waals surface area contributed by atoms with Gasteiger partial charge in [-0.1, -0.05) is 6.07 Å². The summed E-state index contributed by atoms with van der Waals surface area (Å²) in [6, 6.07) is 5.66. The molecule has 0 heterocycles. The van der Waals surface area contributed by atoms with Gasteiger partial charge in [0.2, 0.25) is 0 Å². The zero-order valence-corrected chi connectivity index (χ0v) is 11.8. The lowest BCUT2D eigenvalue weighted by Gasteiger charge is -2.28. The van der Waals surface area contributed by atoms with Crippen molar-refractivity contribution >= 4 is 17.4 Å². The molecule has 0 amide bonds. The minimum absolute atomic E-state index is 0.139. The Morgan fingerprint density at radius 3 is 2.76 bits per heavy atom. The third-order valence-electron chi connectivity index (χ3n) is 2.90. The quantitative estimate of drug-likeness (QED) is 0.842. The van der Waals surface area contributed by atoms with Crippen LogP contribution in [0, 0.1) is 5.82 Å². The summed E-state index contributed by atoms with van der Waals surface area (Å²) in [6.07, 6.45) is 2.09. The molecule has 0 fully saturated rings. The molecule has 1 rings (SSSR count). The van der Waals surface area contributed by atoms with Gasteiger partial charge in [0, 0.05) is 36.6 Å². The fraction of sp³-hybridized carbons (Fsp3) is 0.538. The lowest BCUT2D eigenvalue weighted by molar-refractivity contribution is 0.598. The Kier molecular flexibility index (Phi) is 5.78. The molecular weight excluding hydrogens is 235 g/mol. The van der Waals surface area contributed by atoms with Crippen LogP contribution < -0.4 is 10.2 Å². The van der Waals surface area contributed by atoms with E-state index in [0.717, 1.165) is 17.0 Å². The fourth-order valence-electron chi connectivity index (χ4n) is 1.82. The molecule has 0 bridgehead atoms. The average Bonchev–Trinajstić information content (AvgIpc) is 2.31. The number of benzene rings is 1. The van der Waals surface area contributed by atoms with Crippen LogP contribution in [0.3, 0.4) is 0 Å². The summed E-state index contributed by atoms with van der Waals surface area (Å²) in [6.45, 7) is 2.71. The first-order valence-electron chi connectivity index (χ1n) is 5.75. The number of nitrogens with zero attached hydrogens (tertiary/aromatic N) is 1. The Bertz CT molecular complexity index is 357. The van der Waals surface area contributed by atoms with Crippen molar-refractivity contribution in [3.05, 3.63) is 29.6 Å². The van der Waals surface area contributed by atoms with Crippen molar-refractivity contribution in [2.45, 2.75) is 19.5 Å². The Morgan fingerprint density at radius 2 is 2.18 bits per heavy atom. The van der Waals surface area contributed by atoms with E-state index in [4.69, 9.17) is 0 Å². The minimum Gasteiger partial charge on any atom is -0.371 e. The number of halogens is 1. The molecule has 0 spiro atoms. The summed E-state index contributed by atoms with van der Waals surface area (Å²) in [5, 5.41) is 3.02. The van der Waals surface area contributed by atoms with Crippen molar-refractivity contribution in [2.75, 3.05) is 31.0 Å². The van der Waals surface area contributed by atoms with Gasteiger partial charge in [-0.05, 0) is 32.4 Å². The molecule has 1 aromatic rings. The molecule has 0 aliphatic carbocycles. The van der Waals surface area contributed by atoms with Crippen LogP contribution in [0.4, 0.5) is 10.1 Å². The molecule has 2 nitrogen and oxygen atoms in total.